The summed E-state index contributed by atoms with van der Waals surface area (Å²) in [6.07, 6.45) is -5.34. The number of phenols is 1. The van der Waals surface area contributed by atoms with E-state index < -0.39 is 30.0 Å². The van der Waals surface area contributed by atoms with Gasteiger partial charge < -0.3 is 19.7 Å². The average Bonchev–Trinajstić information content (AvgIpc) is 3.42. The highest BCUT2D eigenvalue weighted by atomic mass is 19.4. The molecule has 2 atom stereocenters. The lowest BCUT2D eigenvalue weighted by atomic mass is 9.92. The maximum Gasteiger partial charge on any atom is 0.471 e. The smallest absolute Gasteiger partial charge is 0.471 e. The Morgan fingerprint density at radius 1 is 1.00 bits per heavy atom. The van der Waals surface area contributed by atoms with Gasteiger partial charge in [-0.3, -0.25) is 14.5 Å². The van der Waals surface area contributed by atoms with Crippen LogP contribution in [0.15, 0.2) is 48.5 Å². The van der Waals surface area contributed by atoms with Crippen LogP contribution in [-0.2, 0) is 9.59 Å². The maximum absolute atomic E-state index is 13.8. The molecule has 5 rings (SSSR count). The fraction of sp³-hybridized carbons (Fsp3) is 0.286. The fourth-order valence-corrected chi connectivity index (χ4v) is 5.38. The summed E-state index contributed by atoms with van der Waals surface area (Å²) in [4.78, 5) is 24.6. The number of fused-ring (bicyclic) bond motifs is 2. The molecule has 0 bridgehead atoms. The quantitative estimate of drug-likeness (QED) is 0.445. The van der Waals surface area contributed by atoms with Crippen molar-refractivity contribution in [2.45, 2.75) is 38.4 Å². The van der Waals surface area contributed by atoms with Crippen LogP contribution in [0.25, 0.3) is 11.1 Å². The number of para-hydroxylation sites is 1. The number of anilines is 1. The number of rotatable bonds is 5. The number of aromatic hydroxyl groups is 1. The molecule has 38 heavy (non-hydrogen) atoms. The summed E-state index contributed by atoms with van der Waals surface area (Å²) in [6.45, 7) is 3.51. The molecule has 10 heteroatoms. The topological polar surface area (TPSA) is 96.3 Å². The predicted molar refractivity (Wildman–Crippen MR) is 132 cm³/mol. The minimum absolute atomic E-state index is 0.0362. The van der Waals surface area contributed by atoms with Gasteiger partial charge in [-0.2, -0.15) is 13.2 Å². The third kappa shape index (κ3) is 4.40. The van der Waals surface area contributed by atoms with Crippen molar-refractivity contribution in [1.29, 1.82) is 0 Å². The molecule has 2 aliphatic rings. The Hall–Kier alpha value is -4.21. The first-order valence-electron chi connectivity index (χ1n) is 11.9. The normalized spacial score (nSPS) is 17.8. The minimum Gasteiger partial charge on any atom is -0.508 e. The SMILES string of the molecule is Cc1cc(O)cc(C)c1-c1cccc2c1OC[C@H]2N(C(=O)C(F)(F)F)c1ccc2c(c1)OC[C@H]2CC(=O)O. The molecule has 2 heterocycles. The Kier molecular flexibility index (Phi) is 6.21. The second-order valence-electron chi connectivity index (χ2n) is 9.51. The number of carboxylic acids is 1. The van der Waals surface area contributed by atoms with Crippen molar-refractivity contribution in [2.75, 3.05) is 18.1 Å². The van der Waals surface area contributed by atoms with Crippen LogP contribution in [0.2, 0.25) is 0 Å². The summed E-state index contributed by atoms with van der Waals surface area (Å²) >= 11 is 0. The summed E-state index contributed by atoms with van der Waals surface area (Å²) in [5.74, 6) is -2.79. The number of ether oxygens (including phenoxy) is 2. The van der Waals surface area contributed by atoms with E-state index in [4.69, 9.17) is 14.6 Å². The number of phenolic OH excluding ortho intramolecular Hbond substituents is 1. The van der Waals surface area contributed by atoms with Crippen molar-refractivity contribution in [3.05, 3.63) is 70.8 Å². The van der Waals surface area contributed by atoms with E-state index in [9.17, 15) is 27.9 Å². The standard InChI is InChI=1S/C28H24F3NO6/c1-14-8-18(33)9-15(2)25(14)21-5-3-4-20-22(13-38-26(20)21)32(27(36)28(29,30)31)17-6-7-19-16(10-24(34)35)12-37-23(19)11-17/h3-9,11,16,22,33H,10,12-13H2,1-2H3,(H,34,35)/t16-,22-/m1/s1. The number of hydrogen-bond acceptors (Lipinski definition) is 5. The number of aryl methyl sites for hydroxylation is 2. The van der Waals surface area contributed by atoms with E-state index >= 15 is 0 Å². The fourth-order valence-electron chi connectivity index (χ4n) is 5.38. The molecule has 1 amide bonds. The Labute approximate surface area is 216 Å². The number of amides is 1. The largest absolute Gasteiger partial charge is 0.508 e. The summed E-state index contributed by atoms with van der Waals surface area (Å²) < 4.78 is 53.0. The molecule has 0 spiro atoms. The first-order valence-corrected chi connectivity index (χ1v) is 11.9. The summed E-state index contributed by atoms with van der Waals surface area (Å²) in [7, 11) is 0. The second-order valence-corrected chi connectivity index (χ2v) is 9.51. The number of carbonyl (C=O) groups is 2. The highest BCUT2D eigenvalue weighted by Crippen LogP contribution is 2.48. The molecule has 0 aromatic heterocycles. The van der Waals surface area contributed by atoms with Gasteiger partial charge in [0, 0.05) is 34.4 Å². The van der Waals surface area contributed by atoms with Crippen LogP contribution in [0.5, 0.6) is 17.2 Å². The van der Waals surface area contributed by atoms with Crippen LogP contribution in [0.1, 0.15) is 40.6 Å². The molecule has 0 saturated carbocycles. The summed E-state index contributed by atoms with van der Waals surface area (Å²) in [5, 5.41) is 19.1. The van der Waals surface area contributed by atoms with Crippen molar-refractivity contribution < 1.29 is 42.4 Å². The van der Waals surface area contributed by atoms with Crippen molar-refractivity contribution in [1.82, 2.24) is 0 Å². The Balaban J connectivity index is 1.59. The lowest BCUT2D eigenvalue weighted by Crippen LogP contribution is -2.44. The van der Waals surface area contributed by atoms with Gasteiger partial charge in [0.1, 0.15) is 23.9 Å². The highest BCUT2D eigenvalue weighted by molar-refractivity contribution is 5.99. The van der Waals surface area contributed by atoms with Crippen LogP contribution in [0.4, 0.5) is 18.9 Å². The monoisotopic (exact) mass is 527 g/mol. The molecular weight excluding hydrogens is 503 g/mol. The third-order valence-corrected chi connectivity index (χ3v) is 6.93. The number of benzene rings is 3. The van der Waals surface area contributed by atoms with E-state index in [0.29, 0.717) is 27.3 Å². The maximum atomic E-state index is 13.8. The molecule has 0 radical (unpaired) electrons. The van der Waals surface area contributed by atoms with Gasteiger partial charge in [-0.05, 0) is 48.7 Å². The lowest BCUT2D eigenvalue weighted by Gasteiger charge is -2.29. The van der Waals surface area contributed by atoms with E-state index in [0.717, 1.165) is 16.7 Å². The molecule has 2 N–H and O–H groups in total. The number of nitrogens with zero attached hydrogens (tertiary/aromatic N) is 1. The number of carbonyl (C=O) groups excluding carboxylic acids is 1. The molecular formula is C28H24F3NO6. The van der Waals surface area contributed by atoms with E-state index in [-0.39, 0.29) is 36.8 Å². The zero-order valence-corrected chi connectivity index (χ0v) is 20.5. The van der Waals surface area contributed by atoms with Crippen LogP contribution in [-0.4, -0.2) is 41.5 Å². The number of hydrogen-bond donors (Lipinski definition) is 2. The number of alkyl halides is 3. The number of halogens is 3. The number of aliphatic carboxylic acids is 1. The summed E-state index contributed by atoms with van der Waals surface area (Å²) in [6, 6.07) is 11.5. The third-order valence-electron chi connectivity index (χ3n) is 6.93. The first kappa shape index (κ1) is 25.4. The van der Waals surface area contributed by atoms with Gasteiger partial charge in [0.05, 0.1) is 19.1 Å². The second kappa shape index (κ2) is 9.27. The number of carboxylic acid groups (broad SMARTS) is 1. The van der Waals surface area contributed by atoms with E-state index in [2.05, 4.69) is 0 Å². The van der Waals surface area contributed by atoms with Crippen LogP contribution in [0, 0.1) is 13.8 Å². The van der Waals surface area contributed by atoms with E-state index in [1.54, 1.807) is 30.3 Å². The molecule has 0 aliphatic carbocycles. The Morgan fingerprint density at radius 3 is 2.37 bits per heavy atom. The Bertz CT molecular complexity index is 1430. The molecule has 7 nitrogen and oxygen atoms in total. The van der Waals surface area contributed by atoms with Crippen LogP contribution < -0.4 is 14.4 Å². The molecule has 0 fully saturated rings. The van der Waals surface area contributed by atoms with Crippen molar-refractivity contribution in [3.8, 4) is 28.4 Å². The van der Waals surface area contributed by atoms with Gasteiger partial charge in [-0.15, -0.1) is 0 Å². The molecule has 2 aliphatic heterocycles. The Morgan fingerprint density at radius 2 is 1.71 bits per heavy atom. The molecule has 198 valence electrons. The van der Waals surface area contributed by atoms with Gasteiger partial charge in [0.2, 0.25) is 0 Å². The molecule has 0 unspecified atom stereocenters. The predicted octanol–water partition coefficient (Wildman–Crippen LogP) is 5.66. The van der Waals surface area contributed by atoms with E-state index in [1.165, 1.54) is 18.2 Å². The van der Waals surface area contributed by atoms with Crippen molar-refractivity contribution in [2.24, 2.45) is 0 Å². The van der Waals surface area contributed by atoms with Gasteiger partial charge in [-0.25, -0.2) is 0 Å². The van der Waals surface area contributed by atoms with Gasteiger partial charge in [-0.1, -0.05) is 24.3 Å². The lowest BCUT2D eigenvalue weighted by molar-refractivity contribution is -0.171. The average molecular weight is 527 g/mol. The van der Waals surface area contributed by atoms with Crippen molar-refractivity contribution >= 4 is 17.6 Å². The van der Waals surface area contributed by atoms with Crippen LogP contribution >= 0.6 is 0 Å². The minimum atomic E-state index is -5.16. The van der Waals surface area contributed by atoms with E-state index in [1.807, 2.05) is 13.8 Å². The summed E-state index contributed by atoms with van der Waals surface area (Å²) in [5.41, 5.74) is 3.90. The first-order chi connectivity index (χ1) is 18.0. The van der Waals surface area contributed by atoms with Gasteiger partial charge in [0.25, 0.3) is 0 Å². The van der Waals surface area contributed by atoms with Crippen LogP contribution in [0.3, 0.4) is 0 Å². The zero-order valence-electron chi connectivity index (χ0n) is 20.5. The van der Waals surface area contributed by atoms with Crippen molar-refractivity contribution in [3.63, 3.8) is 0 Å². The zero-order chi connectivity index (χ0) is 27.4. The molecule has 0 saturated heterocycles. The van der Waals surface area contributed by atoms with Gasteiger partial charge in [0.15, 0.2) is 0 Å². The molecule has 3 aromatic rings. The highest BCUT2D eigenvalue weighted by Gasteiger charge is 2.48. The van der Waals surface area contributed by atoms with Gasteiger partial charge >= 0.3 is 18.1 Å². The molecule has 3 aromatic carbocycles.